The van der Waals surface area contributed by atoms with E-state index in [9.17, 15) is 31.1 Å². The fraction of sp³-hybridized carbons (Fsp3) is 0.611. The predicted octanol–water partition coefficient (Wildman–Crippen LogP) is 4.02. The van der Waals surface area contributed by atoms with Gasteiger partial charge in [0.2, 0.25) is 11.7 Å². The molecule has 1 amide bonds. The summed E-state index contributed by atoms with van der Waals surface area (Å²) in [5.41, 5.74) is -0.369. The molecule has 3 aliphatic rings. The summed E-state index contributed by atoms with van der Waals surface area (Å²) in [5.74, 6) is -3.49. The first-order valence-corrected chi connectivity index (χ1v) is 9.24. The van der Waals surface area contributed by atoms with Gasteiger partial charge in [-0.1, -0.05) is 0 Å². The quantitative estimate of drug-likeness (QED) is 0.692. The van der Waals surface area contributed by atoms with Crippen LogP contribution in [0.4, 0.5) is 26.3 Å². The Morgan fingerprint density at radius 3 is 2.59 bits per heavy atom. The highest BCUT2D eigenvalue weighted by Gasteiger charge is 2.47. The third-order valence-corrected chi connectivity index (χ3v) is 5.75. The van der Waals surface area contributed by atoms with Crippen LogP contribution in [0.1, 0.15) is 43.8 Å². The van der Waals surface area contributed by atoms with E-state index in [2.05, 4.69) is 10.2 Å². The summed E-state index contributed by atoms with van der Waals surface area (Å²) in [6.07, 6.45) is -4.46. The SMILES string of the molecule is O=C(CC1(CC2=CC(F)=C(F)CC2F)CC1)N1CCn2c(nnc2C(F)(F)F)C1. The number of carbonyl (C=O) groups is 1. The molecule has 11 heteroatoms. The van der Waals surface area contributed by atoms with Gasteiger partial charge in [0.1, 0.15) is 12.0 Å². The zero-order valence-corrected chi connectivity index (χ0v) is 15.3. The Kier molecular flexibility index (Phi) is 4.73. The van der Waals surface area contributed by atoms with Gasteiger partial charge < -0.3 is 9.47 Å². The smallest absolute Gasteiger partial charge is 0.333 e. The van der Waals surface area contributed by atoms with E-state index in [0.29, 0.717) is 12.8 Å². The molecule has 0 spiro atoms. The zero-order chi connectivity index (χ0) is 21.0. The molecule has 1 aromatic heterocycles. The van der Waals surface area contributed by atoms with E-state index in [4.69, 9.17) is 0 Å². The standard InChI is InChI=1S/C18H18F6N4O/c19-11-6-13(21)12(20)5-10(11)7-17(1-2-17)8-15(29)27-3-4-28-14(9-27)25-26-16(28)18(22,23)24/h5,11H,1-4,6-9H2. The van der Waals surface area contributed by atoms with E-state index in [-0.39, 0.29) is 49.8 Å². The van der Waals surface area contributed by atoms with E-state index in [1.807, 2.05) is 0 Å². The van der Waals surface area contributed by atoms with Crippen LogP contribution in [0.2, 0.25) is 0 Å². The van der Waals surface area contributed by atoms with Gasteiger partial charge in [0.05, 0.1) is 6.54 Å². The molecule has 158 valence electrons. The number of nitrogens with zero attached hydrogens (tertiary/aromatic N) is 4. The molecule has 1 aromatic rings. The number of hydrogen-bond acceptors (Lipinski definition) is 3. The molecule has 4 rings (SSSR count). The van der Waals surface area contributed by atoms with Crippen molar-refractivity contribution in [1.82, 2.24) is 19.7 Å². The van der Waals surface area contributed by atoms with E-state index >= 15 is 0 Å². The van der Waals surface area contributed by atoms with Gasteiger partial charge >= 0.3 is 6.18 Å². The molecular weight excluding hydrogens is 402 g/mol. The molecule has 1 saturated carbocycles. The van der Waals surface area contributed by atoms with E-state index in [1.165, 1.54) is 4.90 Å². The highest BCUT2D eigenvalue weighted by atomic mass is 19.4. The van der Waals surface area contributed by atoms with Crippen LogP contribution < -0.4 is 0 Å². The molecule has 0 radical (unpaired) electrons. The number of amides is 1. The summed E-state index contributed by atoms with van der Waals surface area (Å²) in [5, 5.41) is 6.72. The Balaban J connectivity index is 1.41. The molecule has 1 aliphatic heterocycles. The van der Waals surface area contributed by atoms with Crippen molar-refractivity contribution in [2.24, 2.45) is 5.41 Å². The van der Waals surface area contributed by atoms with Gasteiger partial charge in [0.25, 0.3) is 0 Å². The number of rotatable bonds is 4. The monoisotopic (exact) mass is 420 g/mol. The summed E-state index contributed by atoms with van der Waals surface area (Å²) in [4.78, 5) is 14.1. The van der Waals surface area contributed by atoms with Crippen molar-refractivity contribution in [2.75, 3.05) is 6.54 Å². The lowest BCUT2D eigenvalue weighted by molar-refractivity contribution is -0.148. The van der Waals surface area contributed by atoms with Crippen LogP contribution >= 0.6 is 0 Å². The zero-order valence-electron chi connectivity index (χ0n) is 15.3. The van der Waals surface area contributed by atoms with Gasteiger partial charge in [-0.15, -0.1) is 10.2 Å². The van der Waals surface area contributed by atoms with Gasteiger partial charge in [-0.05, 0) is 36.3 Å². The van der Waals surface area contributed by atoms with Crippen LogP contribution in [0.15, 0.2) is 23.3 Å². The molecule has 1 atom stereocenters. The average molecular weight is 420 g/mol. The van der Waals surface area contributed by atoms with Gasteiger partial charge in [0, 0.05) is 25.9 Å². The largest absolute Gasteiger partial charge is 0.451 e. The molecule has 0 aromatic carbocycles. The maximum Gasteiger partial charge on any atom is 0.451 e. The van der Waals surface area contributed by atoms with Gasteiger partial charge in [0.15, 0.2) is 11.7 Å². The fourth-order valence-corrected chi connectivity index (χ4v) is 3.92. The van der Waals surface area contributed by atoms with Gasteiger partial charge in [-0.2, -0.15) is 13.2 Å². The van der Waals surface area contributed by atoms with Crippen molar-refractivity contribution in [3.8, 4) is 0 Å². The van der Waals surface area contributed by atoms with Crippen LogP contribution in [0.25, 0.3) is 0 Å². The highest BCUT2D eigenvalue weighted by molar-refractivity contribution is 5.77. The first-order chi connectivity index (χ1) is 13.6. The molecular formula is C18H18F6N4O. The van der Waals surface area contributed by atoms with E-state index in [1.54, 1.807) is 0 Å². The van der Waals surface area contributed by atoms with Crippen LogP contribution in [0.5, 0.6) is 0 Å². The maximum absolute atomic E-state index is 14.1. The van der Waals surface area contributed by atoms with Crippen LogP contribution in [0, 0.1) is 5.41 Å². The average Bonchev–Trinajstić information content (AvgIpc) is 3.23. The lowest BCUT2D eigenvalue weighted by atomic mass is 9.87. The van der Waals surface area contributed by atoms with Gasteiger partial charge in [-0.25, -0.2) is 13.2 Å². The summed E-state index contributed by atoms with van der Waals surface area (Å²) in [7, 11) is 0. The van der Waals surface area contributed by atoms with Crippen molar-refractivity contribution in [3.05, 3.63) is 35.0 Å². The number of carbonyl (C=O) groups excluding carboxylic acids is 1. The van der Waals surface area contributed by atoms with Crippen LogP contribution in [0.3, 0.4) is 0 Å². The minimum absolute atomic E-state index is 0.0586. The van der Waals surface area contributed by atoms with Crippen molar-refractivity contribution >= 4 is 5.91 Å². The lowest BCUT2D eigenvalue weighted by Gasteiger charge is -2.30. The number of aromatic nitrogens is 3. The molecule has 0 saturated heterocycles. The van der Waals surface area contributed by atoms with Gasteiger partial charge in [-0.3, -0.25) is 4.79 Å². The minimum Gasteiger partial charge on any atom is -0.333 e. The van der Waals surface area contributed by atoms with E-state index < -0.39 is 41.7 Å². The molecule has 0 N–H and O–H groups in total. The second kappa shape index (κ2) is 6.88. The Bertz CT molecular complexity index is 899. The summed E-state index contributed by atoms with van der Waals surface area (Å²) in [6, 6.07) is 0. The predicted molar refractivity (Wildman–Crippen MR) is 88.2 cm³/mol. The topological polar surface area (TPSA) is 51.0 Å². The minimum atomic E-state index is -4.62. The fourth-order valence-electron chi connectivity index (χ4n) is 3.92. The summed E-state index contributed by atoms with van der Waals surface area (Å²) < 4.78 is 80.4. The number of fused-ring (bicyclic) bond motifs is 1. The normalized spacial score (nSPS) is 23.7. The molecule has 1 fully saturated rings. The summed E-state index contributed by atoms with van der Waals surface area (Å²) in [6.45, 7) is -0.0715. The number of alkyl halides is 4. The Labute approximate surface area is 162 Å². The van der Waals surface area contributed by atoms with Crippen LogP contribution in [-0.4, -0.2) is 38.3 Å². The molecule has 29 heavy (non-hydrogen) atoms. The third-order valence-electron chi connectivity index (χ3n) is 5.75. The van der Waals surface area contributed by atoms with Crippen molar-refractivity contribution in [1.29, 1.82) is 0 Å². The first kappa shape index (κ1) is 20.0. The lowest BCUT2D eigenvalue weighted by Crippen LogP contribution is -2.40. The van der Waals surface area contributed by atoms with Crippen molar-refractivity contribution in [2.45, 2.75) is 57.5 Å². The van der Waals surface area contributed by atoms with Crippen molar-refractivity contribution < 1.29 is 31.1 Å². The van der Waals surface area contributed by atoms with Crippen molar-refractivity contribution in [3.63, 3.8) is 0 Å². The Morgan fingerprint density at radius 2 is 1.93 bits per heavy atom. The number of allylic oxidation sites excluding steroid dienone is 4. The molecule has 0 bridgehead atoms. The number of hydrogen-bond donors (Lipinski definition) is 0. The number of halogens is 6. The Hall–Kier alpha value is -2.33. The van der Waals surface area contributed by atoms with Crippen LogP contribution in [-0.2, 0) is 24.1 Å². The second-order valence-corrected chi connectivity index (χ2v) is 7.90. The molecule has 2 heterocycles. The third kappa shape index (κ3) is 3.91. The first-order valence-electron chi connectivity index (χ1n) is 9.24. The Morgan fingerprint density at radius 1 is 1.21 bits per heavy atom. The molecule has 2 aliphatic carbocycles. The second-order valence-electron chi connectivity index (χ2n) is 7.90. The maximum atomic E-state index is 14.1. The summed E-state index contributed by atoms with van der Waals surface area (Å²) >= 11 is 0. The molecule has 1 unspecified atom stereocenters. The highest BCUT2D eigenvalue weighted by Crippen LogP contribution is 2.55. The van der Waals surface area contributed by atoms with E-state index in [0.717, 1.165) is 10.6 Å². The molecule has 5 nitrogen and oxygen atoms in total.